The molecule has 4 heteroatoms. The molecule has 4 nitrogen and oxygen atoms in total. The van der Waals surface area contributed by atoms with E-state index >= 15 is 0 Å². The van der Waals surface area contributed by atoms with E-state index in [1.54, 1.807) is 0 Å². The van der Waals surface area contributed by atoms with Gasteiger partial charge in [-0.25, -0.2) is 19.9 Å². The number of nitrogens with zero attached hydrogens (tertiary/aromatic N) is 4. The average Bonchev–Trinajstić information content (AvgIpc) is 3.48. The maximum absolute atomic E-state index is 5.62. The summed E-state index contributed by atoms with van der Waals surface area (Å²) in [5.41, 5.74) is 21.0. The van der Waals surface area contributed by atoms with Crippen LogP contribution in [0.1, 0.15) is 0 Å². The van der Waals surface area contributed by atoms with Crippen LogP contribution in [-0.4, -0.2) is 19.9 Å². The zero-order chi connectivity index (χ0) is 49.0. The van der Waals surface area contributed by atoms with Crippen molar-refractivity contribution in [2.24, 2.45) is 0 Å². The molecule has 0 atom stereocenters. The molecule has 14 aromatic rings. The fourth-order valence-corrected chi connectivity index (χ4v) is 10.9. The van der Waals surface area contributed by atoms with Crippen molar-refractivity contribution in [1.82, 2.24) is 19.9 Å². The van der Waals surface area contributed by atoms with E-state index in [-0.39, 0.29) is 0 Å². The SMILES string of the molecule is c1ccc(-c2cccc(-c3cc(-c4cccc(-c5ccccc5)c4)c4nc(-c5ccc(-c6c7ccccc7nc7ccccc67)cc5)nc(-c5ccc(-c6c7ccccc7nc7ccccc67)cc5)c4c3)c2)cc1. The van der Waals surface area contributed by atoms with Gasteiger partial charge < -0.3 is 0 Å². The Kier molecular flexibility index (Phi) is 10.5. The third-order valence-electron chi connectivity index (χ3n) is 14.4. The number of pyridine rings is 2. The second-order valence-electron chi connectivity index (χ2n) is 18.9. The largest absolute Gasteiger partial charge is 0.248 e. The first-order valence-electron chi connectivity index (χ1n) is 25.1. The Balaban J connectivity index is 1.00. The Bertz CT molecular complexity index is 4350. The number of aromatic nitrogens is 4. The molecular formula is C70H44N4. The standard InChI is InChI=1S/C70H44N4/c1-3-17-45(18-4-1)51-21-15-23-53(41-51)55-43-60(54-24-16-22-52(42-54)46-19-5-2-6-20-46)69-61(44-55)68(49-37-33-47(34-38-49)66-56-25-7-11-29-62(56)71-63-30-12-8-26-57(63)66)73-70(74-69)50-39-35-48(36-40-50)67-58-27-9-13-31-64(58)72-65-32-14-10-28-59(65)67/h1-44H. The normalized spacial score (nSPS) is 11.5. The third kappa shape index (κ3) is 7.65. The molecule has 0 aliphatic carbocycles. The highest BCUT2D eigenvalue weighted by Crippen LogP contribution is 2.43. The monoisotopic (exact) mass is 940 g/mol. The predicted octanol–water partition coefficient (Wildman–Crippen LogP) is 18.4. The van der Waals surface area contributed by atoms with Gasteiger partial charge in [-0.05, 0) is 98.6 Å². The molecule has 0 spiro atoms. The van der Waals surface area contributed by atoms with Crippen LogP contribution in [0.2, 0.25) is 0 Å². The number of benzene rings is 11. The summed E-state index contributed by atoms with van der Waals surface area (Å²) in [5, 5.41) is 5.44. The highest BCUT2D eigenvalue weighted by Gasteiger charge is 2.20. The van der Waals surface area contributed by atoms with Gasteiger partial charge in [-0.2, -0.15) is 0 Å². The zero-order valence-corrected chi connectivity index (χ0v) is 40.2. The highest BCUT2D eigenvalue weighted by atomic mass is 14.9. The van der Waals surface area contributed by atoms with Crippen molar-refractivity contribution in [3.05, 3.63) is 267 Å². The first kappa shape index (κ1) is 42.9. The minimum atomic E-state index is 0.651. The molecule has 0 bridgehead atoms. The molecule has 0 amide bonds. The van der Waals surface area contributed by atoms with Crippen molar-refractivity contribution in [3.63, 3.8) is 0 Å². The number of rotatable bonds is 8. The van der Waals surface area contributed by atoms with Crippen LogP contribution in [0.3, 0.4) is 0 Å². The molecule has 0 saturated heterocycles. The van der Waals surface area contributed by atoms with E-state index in [1.807, 2.05) is 0 Å². The summed E-state index contributed by atoms with van der Waals surface area (Å²) in [4.78, 5) is 21.3. The molecule has 344 valence electrons. The smallest absolute Gasteiger partial charge is 0.160 e. The summed E-state index contributed by atoms with van der Waals surface area (Å²) in [6, 6.07) is 94.9. The summed E-state index contributed by atoms with van der Waals surface area (Å²) < 4.78 is 0. The lowest BCUT2D eigenvalue weighted by atomic mass is 9.90. The molecule has 0 N–H and O–H groups in total. The van der Waals surface area contributed by atoms with Crippen molar-refractivity contribution in [2.75, 3.05) is 0 Å². The van der Waals surface area contributed by atoms with Gasteiger partial charge in [-0.1, -0.05) is 218 Å². The van der Waals surface area contributed by atoms with Crippen molar-refractivity contribution in [1.29, 1.82) is 0 Å². The first-order valence-corrected chi connectivity index (χ1v) is 25.1. The van der Waals surface area contributed by atoms with E-state index in [4.69, 9.17) is 19.9 Å². The maximum Gasteiger partial charge on any atom is 0.160 e. The lowest BCUT2D eigenvalue weighted by molar-refractivity contribution is 1.23. The summed E-state index contributed by atoms with van der Waals surface area (Å²) in [7, 11) is 0. The van der Waals surface area contributed by atoms with E-state index in [0.717, 1.165) is 127 Å². The van der Waals surface area contributed by atoms with Gasteiger partial charge in [0.2, 0.25) is 0 Å². The molecule has 0 unspecified atom stereocenters. The van der Waals surface area contributed by atoms with E-state index in [2.05, 4.69) is 267 Å². The highest BCUT2D eigenvalue weighted by molar-refractivity contribution is 6.11. The molecule has 0 radical (unpaired) electrons. The van der Waals surface area contributed by atoms with Crippen LogP contribution in [0.5, 0.6) is 0 Å². The van der Waals surface area contributed by atoms with Crippen LogP contribution < -0.4 is 0 Å². The van der Waals surface area contributed by atoms with Crippen LogP contribution >= 0.6 is 0 Å². The lowest BCUT2D eigenvalue weighted by Crippen LogP contribution is -1.98. The summed E-state index contributed by atoms with van der Waals surface area (Å²) in [6.07, 6.45) is 0. The van der Waals surface area contributed by atoms with Crippen LogP contribution in [0.25, 0.3) is 144 Å². The predicted molar refractivity (Wildman–Crippen MR) is 309 cm³/mol. The molecular weight excluding hydrogens is 897 g/mol. The molecule has 3 aromatic heterocycles. The Morgan fingerprint density at radius 1 is 0.203 bits per heavy atom. The average molecular weight is 941 g/mol. The summed E-state index contributed by atoms with van der Waals surface area (Å²) >= 11 is 0. The van der Waals surface area contributed by atoms with Crippen LogP contribution in [-0.2, 0) is 0 Å². The van der Waals surface area contributed by atoms with Gasteiger partial charge in [0.1, 0.15) is 0 Å². The molecule has 0 fully saturated rings. The fraction of sp³-hybridized carbons (Fsp3) is 0. The van der Waals surface area contributed by atoms with Gasteiger partial charge in [0.05, 0.1) is 33.3 Å². The fourth-order valence-electron chi connectivity index (χ4n) is 10.9. The summed E-state index contributed by atoms with van der Waals surface area (Å²) in [6.45, 7) is 0. The van der Waals surface area contributed by atoms with Gasteiger partial charge >= 0.3 is 0 Å². The Morgan fingerprint density at radius 3 is 1.07 bits per heavy atom. The second kappa shape index (κ2) is 18.1. The number of hydrogen-bond donors (Lipinski definition) is 0. The van der Waals surface area contributed by atoms with Crippen molar-refractivity contribution in [2.45, 2.75) is 0 Å². The quantitative estimate of drug-likeness (QED) is 0.142. The van der Waals surface area contributed by atoms with E-state index in [1.165, 1.54) is 11.1 Å². The van der Waals surface area contributed by atoms with Gasteiger partial charge in [0.15, 0.2) is 5.82 Å². The minimum absolute atomic E-state index is 0.651. The molecule has 11 aromatic carbocycles. The maximum atomic E-state index is 5.62. The van der Waals surface area contributed by atoms with E-state index < -0.39 is 0 Å². The van der Waals surface area contributed by atoms with Gasteiger partial charge in [0, 0.05) is 54.7 Å². The Labute approximate surface area is 428 Å². The molecule has 74 heavy (non-hydrogen) atoms. The molecule has 3 heterocycles. The number of para-hydroxylation sites is 4. The lowest BCUT2D eigenvalue weighted by Gasteiger charge is -2.17. The third-order valence-corrected chi connectivity index (χ3v) is 14.4. The second-order valence-corrected chi connectivity index (χ2v) is 18.9. The molecule has 0 aliphatic rings. The Morgan fingerprint density at radius 2 is 0.581 bits per heavy atom. The van der Waals surface area contributed by atoms with Crippen molar-refractivity contribution < 1.29 is 0 Å². The number of hydrogen-bond acceptors (Lipinski definition) is 4. The molecule has 0 saturated carbocycles. The topological polar surface area (TPSA) is 51.6 Å². The number of fused-ring (bicyclic) bond motifs is 5. The van der Waals surface area contributed by atoms with Crippen LogP contribution in [0.4, 0.5) is 0 Å². The van der Waals surface area contributed by atoms with Crippen LogP contribution in [0, 0.1) is 0 Å². The van der Waals surface area contributed by atoms with Crippen molar-refractivity contribution in [3.8, 4) is 89.4 Å². The van der Waals surface area contributed by atoms with Crippen molar-refractivity contribution >= 4 is 54.5 Å². The van der Waals surface area contributed by atoms with Gasteiger partial charge in [-0.15, -0.1) is 0 Å². The zero-order valence-electron chi connectivity index (χ0n) is 40.2. The molecule has 14 rings (SSSR count). The first-order chi connectivity index (χ1) is 36.7. The van der Waals surface area contributed by atoms with E-state index in [9.17, 15) is 0 Å². The Hall–Kier alpha value is -9.90. The minimum Gasteiger partial charge on any atom is -0.248 e. The molecule has 0 aliphatic heterocycles. The van der Waals surface area contributed by atoms with E-state index in [0.29, 0.717) is 5.82 Å². The van der Waals surface area contributed by atoms with Crippen LogP contribution in [0.15, 0.2) is 267 Å². The summed E-state index contributed by atoms with van der Waals surface area (Å²) in [5.74, 6) is 0.651. The van der Waals surface area contributed by atoms with Gasteiger partial charge in [0.25, 0.3) is 0 Å². The van der Waals surface area contributed by atoms with Gasteiger partial charge in [-0.3, -0.25) is 0 Å².